The Labute approximate surface area is 222 Å². The van der Waals surface area contributed by atoms with E-state index < -0.39 is 47.9 Å². The molecule has 2 rings (SSSR count). The Hall–Kier alpha value is -2.68. The van der Waals surface area contributed by atoms with E-state index in [1.807, 2.05) is 0 Å². The molecular weight excluding hydrogens is 508 g/mol. The molecule has 2 N–H and O–H groups in total. The third kappa shape index (κ3) is 10.2. The zero-order valence-corrected chi connectivity index (χ0v) is 22.5. The van der Waals surface area contributed by atoms with E-state index >= 15 is 0 Å². The van der Waals surface area contributed by atoms with Crippen LogP contribution < -0.4 is 10.6 Å². The molecule has 2 amide bonds. The Morgan fingerprint density at radius 2 is 1.00 bits per heavy atom. The van der Waals surface area contributed by atoms with Crippen LogP contribution in [0.2, 0.25) is 0 Å². The fourth-order valence-electron chi connectivity index (χ4n) is 3.45. The summed E-state index contributed by atoms with van der Waals surface area (Å²) in [4.78, 5) is 47.6. The molecule has 38 heavy (non-hydrogen) atoms. The van der Waals surface area contributed by atoms with Crippen LogP contribution >= 0.6 is 0 Å². The third-order valence-corrected chi connectivity index (χ3v) is 5.66. The molecule has 0 saturated carbocycles. The summed E-state index contributed by atoms with van der Waals surface area (Å²) in [6.45, 7) is 7.64. The number of hydrogen-bond donors (Lipinski definition) is 2. The second-order valence-corrected chi connectivity index (χ2v) is 8.90. The molecule has 14 nitrogen and oxygen atoms in total. The third-order valence-electron chi connectivity index (χ3n) is 5.66. The van der Waals surface area contributed by atoms with Crippen molar-refractivity contribution in [2.24, 2.45) is 0 Å². The highest BCUT2D eigenvalue weighted by Gasteiger charge is 2.43. The summed E-state index contributed by atoms with van der Waals surface area (Å²) >= 11 is 0. The number of rotatable bonds is 13. The van der Waals surface area contributed by atoms with Gasteiger partial charge in [-0.1, -0.05) is 12.8 Å². The number of unbranched alkanes of at least 4 members (excludes halogenated alkanes) is 3. The molecule has 0 aromatic rings. The van der Waals surface area contributed by atoms with Gasteiger partial charge in [-0.15, -0.1) is 0 Å². The minimum atomic E-state index is -1.50. The Bertz CT molecular complexity index is 712. The number of amides is 2. The molecule has 218 valence electrons. The quantitative estimate of drug-likeness (QED) is 0.193. The number of esters is 2. The Morgan fingerprint density at radius 1 is 0.658 bits per heavy atom. The second-order valence-electron chi connectivity index (χ2n) is 8.90. The first-order valence-electron chi connectivity index (χ1n) is 12.9. The van der Waals surface area contributed by atoms with Gasteiger partial charge in [0.1, 0.15) is 0 Å². The maximum absolute atomic E-state index is 11.9. The lowest BCUT2D eigenvalue weighted by Gasteiger charge is -2.34. The van der Waals surface area contributed by atoms with E-state index in [1.54, 1.807) is 13.8 Å². The standard InChI is InChI=1S/C24H40N2O12/c1-5-31-19(27)23(3)33-13-17(14-34-23)37-21(29)25-11-9-7-8-10-12-26-22(30)38-18-15-35-24(4,36-16-18)20(28)32-6-2/h17-18H,5-16H2,1-4H3,(H,25,29)(H,26,30). The number of ether oxygens (including phenoxy) is 8. The average Bonchev–Trinajstić information content (AvgIpc) is 2.89. The highest BCUT2D eigenvalue weighted by Crippen LogP contribution is 2.22. The average molecular weight is 549 g/mol. The molecule has 0 radical (unpaired) electrons. The number of nitrogens with one attached hydrogen (secondary N) is 2. The summed E-state index contributed by atoms with van der Waals surface area (Å²) in [5, 5.41) is 5.32. The largest absolute Gasteiger partial charge is 0.462 e. The van der Waals surface area contributed by atoms with Gasteiger partial charge >= 0.3 is 24.1 Å². The maximum Gasteiger partial charge on any atom is 0.407 e. The minimum Gasteiger partial charge on any atom is -0.462 e. The first-order valence-corrected chi connectivity index (χ1v) is 12.9. The maximum atomic E-state index is 11.9. The molecule has 0 unspecified atom stereocenters. The van der Waals surface area contributed by atoms with Gasteiger partial charge in [-0.2, -0.15) is 0 Å². The fraction of sp³-hybridized carbons (Fsp3) is 0.833. The van der Waals surface area contributed by atoms with Crippen LogP contribution in [0.5, 0.6) is 0 Å². The lowest BCUT2D eigenvalue weighted by Crippen LogP contribution is -2.51. The van der Waals surface area contributed by atoms with Crippen LogP contribution in [0, 0.1) is 0 Å². The van der Waals surface area contributed by atoms with Gasteiger partial charge in [0.15, 0.2) is 12.2 Å². The van der Waals surface area contributed by atoms with Crippen molar-refractivity contribution < 1.29 is 57.1 Å². The predicted molar refractivity (Wildman–Crippen MR) is 129 cm³/mol. The van der Waals surface area contributed by atoms with Gasteiger partial charge in [-0.05, 0) is 26.7 Å². The summed E-state index contributed by atoms with van der Waals surface area (Å²) in [6.07, 6.45) is 0.689. The van der Waals surface area contributed by atoms with Gasteiger partial charge in [0.05, 0.1) is 39.6 Å². The van der Waals surface area contributed by atoms with Crippen molar-refractivity contribution in [2.45, 2.75) is 77.2 Å². The first kappa shape index (κ1) is 31.5. The number of carbonyl (C=O) groups is 4. The number of carbonyl (C=O) groups excluding carboxylic acids is 4. The van der Waals surface area contributed by atoms with E-state index in [1.165, 1.54) is 13.8 Å². The summed E-state index contributed by atoms with van der Waals surface area (Å²) in [6, 6.07) is 0. The van der Waals surface area contributed by atoms with Crippen LogP contribution in [-0.2, 0) is 47.5 Å². The van der Waals surface area contributed by atoms with Crippen molar-refractivity contribution in [3.63, 3.8) is 0 Å². The van der Waals surface area contributed by atoms with Gasteiger partial charge in [0.2, 0.25) is 0 Å². The van der Waals surface area contributed by atoms with Crippen LogP contribution in [0.1, 0.15) is 53.4 Å². The van der Waals surface area contributed by atoms with Crippen molar-refractivity contribution in [3.8, 4) is 0 Å². The lowest BCUT2D eigenvalue weighted by atomic mass is 10.2. The zero-order valence-electron chi connectivity index (χ0n) is 22.5. The van der Waals surface area contributed by atoms with Crippen molar-refractivity contribution in [1.82, 2.24) is 10.6 Å². The summed E-state index contributed by atoms with van der Waals surface area (Å²) < 4.78 is 41.8. The van der Waals surface area contributed by atoms with E-state index in [0.717, 1.165) is 25.7 Å². The Morgan fingerprint density at radius 3 is 1.32 bits per heavy atom. The van der Waals surface area contributed by atoms with Gasteiger partial charge in [0.25, 0.3) is 11.6 Å². The normalized spacial score (nSPS) is 27.1. The molecule has 2 saturated heterocycles. The van der Waals surface area contributed by atoms with Gasteiger partial charge in [-0.25, -0.2) is 19.2 Å². The molecule has 0 aliphatic carbocycles. The molecule has 0 aromatic heterocycles. The molecule has 0 atom stereocenters. The Kier molecular flexibility index (Phi) is 13.0. The fourth-order valence-corrected chi connectivity index (χ4v) is 3.45. The van der Waals surface area contributed by atoms with Crippen LogP contribution in [0.3, 0.4) is 0 Å². The van der Waals surface area contributed by atoms with Gasteiger partial charge in [0, 0.05) is 26.9 Å². The van der Waals surface area contributed by atoms with E-state index in [2.05, 4.69) is 10.6 Å². The van der Waals surface area contributed by atoms with Crippen molar-refractivity contribution in [2.75, 3.05) is 52.7 Å². The van der Waals surface area contributed by atoms with Crippen LogP contribution in [0.25, 0.3) is 0 Å². The molecular formula is C24H40N2O12. The smallest absolute Gasteiger partial charge is 0.407 e. The monoisotopic (exact) mass is 548 g/mol. The van der Waals surface area contributed by atoms with Crippen molar-refractivity contribution in [3.05, 3.63) is 0 Å². The number of hydrogen-bond acceptors (Lipinski definition) is 12. The molecule has 0 spiro atoms. The molecule has 2 heterocycles. The van der Waals surface area contributed by atoms with E-state index in [4.69, 9.17) is 37.9 Å². The summed E-state index contributed by atoms with van der Waals surface area (Å²) in [7, 11) is 0. The molecule has 14 heteroatoms. The van der Waals surface area contributed by atoms with Gasteiger partial charge in [-0.3, -0.25) is 0 Å². The molecule has 0 aromatic carbocycles. The lowest BCUT2D eigenvalue weighted by molar-refractivity contribution is -0.280. The summed E-state index contributed by atoms with van der Waals surface area (Å²) in [5.41, 5.74) is 0. The molecule has 2 aliphatic rings. The van der Waals surface area contributed by atoms with Crippen LogP contribution in [0.15, 0.2) is 0 Å². The van der Waals surface area contributed by atoms with Gasteiger partial charge < -0.3 is 48.5 Å². The van der Waals surface area contributed by atoms with Crippen molar-refractivity contribution in [1.29, 1.82) is 0 Å². The SMILES string of the molecule is CCOC(=O)C1(C)OCC(OC(=O)NCCCCCCNC(=O)OC2COC(C)(C(=O)OCC)OC2)CO1. The van der Waals surface area contributed by atoms with E-state index in [9.17, 15) is 19.2 Å². The number of alkyl carbamates (subject to hydrolysis) is 2. The van der Waals surface area contributed by atoms with E-state index in [-0.39, 0.29) is 39.6 Å². The zero-order chi connectivity index (χ0) is 28.0. The van der Waals surface area contributed by atoms with Crippen LogP contribution in [-0.4, -0.2) is 101 Å². The molecule has 0 bridgehead atoms. The predicted octanol–water partition coefficient (Wildman–Crippen LogP) is 1.39. The van der Waals surface area contributed by atoms with Crippen molar-refractivity contribution >= 4 is 24.1 Å². The first-order chi connectivity index (χ1) is 18.1. The highest BCUT2D eigenvalue weighted by atomic mass is 16.8. The minimum absolute atomic E-state index is 0.0198. The summed E-state index contributed by atoms with van der Waals surface area (Å²) in [5.74, 6) is -4.24. The highest BCUT2D eigenvalue weighted by molar-refractivity contribution is 5.78. The molecule has 2 fully saturated rings. The molecule has 2 aliphatic heterocycles. The Balaban J connectivity index is 1.45. The van der Waals surface area contributed by atoms with E-state index in [0.29, 0.717) is 13.1 Å². The second kappa shape index (κ2) is 15.7. The van der Waals surface area contributed by atoms with Crippen LogP contribution in [0.4, 0.5) is 9.59 Å². The topological polar surface area (TPSA) is 166 Å².